The number of hydrogen-bond donors (Lipinski definition) is 1. The third-order valence-electron chi connectivity index (χ3n) is 3.22. The van der Waals surface area contributed by atoms with Crippen molar-refractivity contribution in [2.75, 3.05) is 20.1 Å². The molecule has 3 nitrogen and oxygen atoms in total. The Bertz CT molecular complexity index is 286. The molecule has 2 unspecified atom stereocenters. The maximum atomic E-state index is 4.40. The first-order valence-corrected chi connectivity index (χ1v) is 6.50. The molecule has 1 fully saturated rings. The van der Waals surface area contributed by atoms with Crippen molar-refractivity contribution in [3.63, 3.8) is 0 Å². The molecule has 1 saturated heterocycles. The van der Waals surface area contributed by atoms with E-state index >= 15 is 0 Å². The van der Waals surface area contributed by atoms with E-state index in [2.05, 4.69) is 34.6 Å². The Balaban J connectivity index is 1.98. The summed E-state index contributed by atoms with van der Waals surface area (Å²) in [6.45, 7) is 4.62. The molecule has 84 valence electrons. The molecule has 0 bridgehead atoms. The van der Waals surface area contributed by atoms with E-state index in [1.807, 2.05) is 6.20 Å². The van der Waals surface area contributed by atoms with Gasteiger partial charge in [-0.1, -0.05) is 0 Å². The normalized spacial score (nSPS) is 25.3. The Morgan fingerprint density at radius 2 is 2.53 bits per heavy atom. The van der Waals surface area contributed by atoms with Gasteiger partial charge in [0, 0.05) is 24.2 Å². The molecule has 2 heterocycles. The highest BCUT2D eigenvalue weighted by molar-refractivity contribution is 7.09. The van der Waals surface area contributed by atoms with Gasteiger partial charge in [0.05, 0.1) is 6.04 Å². The molecule has 1 aromatic heterocycles. The predicted molar refractivity (Wildman–Crippen MR) is 64.2 cm³/mol. The molecule has 2 atom stereocenters. The molecule has 0 spiro atoms. The summed E-state index contributed by atoms with van der Waals surface area (Å²) < 4.78 is 0. The summed E-state index contributed by atoms with van der Waals surface area (Å²) in [7, 11) is 2.06. The van der Waals surface area contributed by atoms with Gasteiger partial charge in [-0.3, -0.25) is 4.90 Å². The smallest absolute Gasteiger partial charge is 0.109 e. The predicted octanol–water partition coefficient (Wildman–Crippen LogP) is 1.89. The quantitative estimate of drug-likeness (QED) is 0.851. The molecule has 1 aliphatic heterocycles. The number of nitrogens with zero attached hydrogens (tertiary/aromatic N) is 2. The maximum absolute atomic E-state index is 4.40. The van der Waals surface area contributed by atoms with Crippen LogP contribution in [-0.2, 0) is 0 Å². The minimum Gasteiger partial charge on any atom is -0.316 e. The summed E-state index contributed by atoms with van der Waals surface area (Å²) in [4.78, 5) is 6.93. The molecule has 0 aliphatic carbocycles. The van der Waals surface area contributed by atoms with Crippen LogP contribution < -0.4 is 5.32 Å². The number of aromatic nitrogens is 1. The monoisotopic (exact) mass is 225 g/mol. The van der Waals surface area contributed by atoms with Crippen LogP contribution in [0.4, 0.5) is 0 Å². The van der Waals surface area contributed by atoms with Crippen molar-refractivity contribution in [2.45, 2.75) is 31.8 Å². The van der Waals surface area contributed by atoms with Crippen molar-refractivity contribution in [3.05, 3.63) is 16.6 Å². The van der Waals surface area contributed by atoms with E-state index in [4.69, 9.17) is 0 Å². The highest BCUT2D eigenvalue weighted by atomic mass is 32.1. The zero-order valence-electron chi connectivity index (χ0n) is 9.44. The summed E-state index contributed by atoms with van der Waals surface area (Å²) in [5.74, 6) is 0. The number of rotatable bonds is 3. The van der Waals surface area contributed by atoms with Gasteiger partial charge in [0.15, 0.2) is 0 Å². The molecule has 1 aliphatic rings. The fourth-order valence-corrected chi connectivity index (χ4v) is 2.92. The number of likely N-dealkylation sites (N-methyl/N-ethyl adjacent to an activating group) is 1. The van der Waals surface area contributed by atoms with Crippen LogP contribution in [0.5, 0.6) is 0 Å². The molecule has 0 radical (unpaired) electrons. The van der Waals surface area contributed by atoms with E-state index in [0.29, 0.717) is 12.1 Å². The van der Waals surface area contributed by atoms with Gasteiger partial charge in [-0.15, -0.1) is 11.3 Å². The fourth-order valence-electron chi connectivity index (χ4n) is 2.19. The Hall–Kier alpha value is -0.450. The van der Waals surface area contributed by atoms with Crippen molar-refractivity contribution in [1.29, 1.82) is 0 Å². The molecule has 0 amide bonds. The molecule has 2 rings (SSSR count). The largest absolute Gasteiger partial charge is 0.316 e. The summed E-state index contributed by atoms with van der Waals surface area (Å²) in [5.41, 5.74) is 0. The molecule has 1 N–H and O–H groups in total. The van der Waals surface area contributed by atoms with Gasteiger partial charge < -0.3 is 5.32 Å². The Labute approximate surface area is 95.5 Å². The average molecular weight is 225 g/mol. The lowest BCUT2D eigenvalue weighted by Crippen LogP contribution is -2.45. The van der Waals surface area contributed by atoms with E-state index in [1.165, 1.54) is 24.4 Å². The van der Waals surface area contributed by atoms with Gasteiger partial charge in [-0.05, 0) is 33.4 Å². The second-order valence-electron chi connectivity index (χ2n) is 4.17. The van der Waals surface area contributed by atoms with Crippen molar-refractivity contribution in [2.24, 2.45) is 0 Å². The van der Waals surface area contributed by atoms with Gasteiger partial charge in [-0.25, -0.2) is 4.98 Å². The Morgan fingerprint density at radius 1 is 1.67 bits per heavy atom. The van der Waals surface area contributed by atoms with E-state index < -0.39 is 0 Å². The minimum atomic E-state index is 0.473. The third kappa shape index (κ3) is 2.56. The van der Waals surface area contributed by atoms with E-state index in [-0.39, 0.29) is 0 Å². The number of thiazole rings is 1. The highest BCUT2D eigenvalue weighted by Gasteiger charge is 2.24. The molecule has 0 saturated carbocycles. The summed E-state index contributed by atoms with van der Waals surface area (Å²) in [6.07, 6.45) is 4.49. The van der Waals surface area contributed by atoms with Crippen molar-refractivity contribution >= 4 is 11.3 Å². The van der Waals surface area contributed by atoms with Crippen LogP contribution in [0.25, 0.3) is 0 Å². The van der Waals surface area contributed by atoms with E-state index in [1.54, 1.807) is 11.3 Å². The average Bonchev–Trinajstić information content (AvgIpc) is 2.81. The van der Waals surface area contributed by atoms with Crippen LogP contribution >= 0.6 is 11.3 Å². The second-order valence-corrected chi connectivity index (χ2v) is 5.10. The summed E-state index contributed by atoms with van der Waals surface area (Å²) in [6, 6.07) is 1.13. The second kappa shape index (κ2) is 5.05. The number of piperidine rings is 1. The van der Waals surface area contributed by atoms with Crippen LogP contribution in [0.3, 0.4) is 0 Å². The molecular weight excluding hydrogens is 206 g/mol. The molecular formula is C11H19N3S. The standard InChI is InChI=1S/C11H19N3S/c1-9(11-13-5-7-15-11)14-6-3-4-10(8-14)12-2/h5,7,9-10,12H,3-4,6,8H2,1-2H3. The number of hydrogen-bond acceptors (Lipinski definition) is 4. The molecule has 4 heteroatoms. The third-order valence-corrected chi connectivity index (χ3v) is 4.16. The lowest BCUT2D eigenvalue weighted by molar-refractivity contribution is 0.149. The van der Waals surface area contributed by atoms with Gasteiger partial charge >= 0.3 is 0 Å². The lowest BCUT2D eigenvalue weighted by atomic mass is 10.0. The SMILES string of the molecule is CNC1CCCN(C(C)c2nccs2)C1. The lowest BCUT2D eigenvalue weighted by Gasteiger charge is -2.35. The van der Waals surface area contributed by atoms with E-state index in [0.717, 1.165) is 6.54 Å². The first-order chi connectivity index (χ1) is 7.31. The zero-order chi connectivity index (χ0) is 10.7. The first-order valence-electron chi connectivity index (χ1n) is 5.62. The van der Waals surface area contributed by atoms with Crippen LogP contribution in [0.2, 0.25) is 0 Å². The molecule has 0 aromatic carbocycles. The maximum Gasteiger partial charge on any atom is 0.109 e. The van der Waals surface area contributed by atoms with Gasteiger partial charge in [0.2, 0.25) is 0 Å². The summed E-state index contributed by atoms with van der Waals surface area (Å²) in [5, 5.41) is 6.68. The molecule has 1 aromatic rings. The minimum absolute atomic E-state index is 0.473. The Kier molecular flexibility index (Phi) is 3.72. The number of nitrogens with one attached hydrogen (secondary N) is 1. The van der Waals surface area contributed by atoms with Gasteiger partial charge in [0.25, 0.3) is 0 Å². The van der Waals surface area contributed by atoms with Crippen LogP contribution in [-0.4, -0.2) is 36.1 Å². The topological polar surface area (TPSA) is 28.2 Å². The van der Waals surface area contributed by atoms with Crippen LogP contribution in [0.15, 0.2) is 11.6 Å². The summed E-state index contributed by atoms with van der Waals surface area (Å²) >= 11 is 1.76. The van der Waals surface area contributed by atoms with Crippen LogP contribution in [0, 0.1) is 0 Å². The van der Waals surface area contributed by atoms with E-state index in [9.17, 15) is 0 Å². The van der Waals surface area contributed by atoms with Crippen molar-refractivity contribution in [1.82, 2.24) is 15.2 Å². The van der Waals surface area contributed by atoms with Gasteiger partial charge in [0.1, 0.15) is 5.01 Å². The van der Waals surface area contributed by atoms with Crippen molar-refractivity contribution < 1.29 is 0 Å². The first kappa shape index (κ1) is 11.0. The Morgan fingerprint density at radius 3 is 3.20 bits per heavy atom. The van der Waals surface area contributed by atoms with Crippen molar-refractivity contribution in [3.8, 4) is 0 Å². The fraction of sp³-hybridized carbons (Fsp3) is 0.727. The zero-order valence-corrected chi connectivity index (χ0v) is 10.3. The van der Waals surface area contributed by atoms with Gasteiger partial charge in [-0.2, -0.15) is 0 Å². The highest BCUT2D eigenvalue weighted by Crippen LogP contribution is 2.25. The molecule has 15 heavy (non-hydrogen) atoms. The van der Waals surface area contributed by atoms with Crippen LogP contribution in [0.1, 0.15) is 30.8 Å². The number of likely N-dealkylation sites (tertiary alicyclic amines) is 1.